The fourth-order valence-corrected chi connectivity index (χ4v) is 7.22. The Morgan fingerprint density at radius 3 is 2.09 bits per heavy atom. The minimum Gasteiger partial charge on any atom is -0.504 e. The molecule has 45 heavy (non-hydrogen) atoms. The van der Waals surface area contributed by atoms with Gasteiger partial charge in [0.2, 0.25) is 22.9 Å². The topological polar surface area (TPSA) is 111 Å². The van der Waals surface area contributed by atoms with E-state index >= 15 is 0 Å². The van der Waals surface area contributed by atoms with Crippen LogP contribution in [0.25, 0.3) is 0 Å². The predicted octanol–water partition coefficient (Wildman–Crippen LogP) is 5.72. The van der Waals surface area contributed by atoms with Gasteiger partial charge in [-0.15, -0.1) is 0 Å². The summed E-state index contributed by atoms with van der Waals surface area (Å²) in [6.45, 7) is 0. The SMILES string of the molecule is COC1=C(OC)[C@]2(OC)c3c(O)c(OC)c4c(c3O[C@@]23O[C@@H](c2ccccc2)CC=C3C1=O)[C@@H](OC)C[C@H](c1ccccc1)O4. The number of carbonyl (C=O) groups excluding carboxylic acids is 1. The van der Waals surface area contributed by atoms with E-state index in [4.69, 9.17) is 37.9 Å². The number of carbonyl (C=O) groups is 1. The van der Waals surface area contributed by atoms with Crippen LogP contribution in [0.1, 0.15) is 53.4 Å². The summed E-state index contributed by atoms with van der Waals surface area (Å²) in [6, 6.07) is 19.4. The summed E-state index contributed by atoms with van der Waals surface area (Å²) in [5.41, 5.74) is 0.735. The van der Waals surface area contributed by atoms with Crippen molar-refractivity contribution in [2.75, 3.05) is 35.5 Å². The second-order valence-corrected chi connectivity index (χ2v) is 11.2. The van der Waals surface area contributed by atoms with Crippen LogP contribution in [0.4, 0.5) is 0 Å². The van der Waals surface area contributed by atoms with Gasteiger partial charge in [0, 0.05) is 20.6 Å². The van der Waals surface area contributed by atoms with Crippen LogP contribution in [0.2, 0.25) is 0 Å². The Balaban J connectivity index is 1.53. The van der Waals surface area contributed by atoms with Crippen LogP contribution >= 0.6 is 0 Å². The monoisotopic (exact) mass is 614 g/mol. The molecule has 234 valence electrons. The first-order chi connectivity index (χ1) is 21.9. The second kappa shape index (κ2) is 10.8. The number of rotatable bonds is 7. The predicted molar refractivity (Wildman–Crippen MR) is 160 cm³/mol. The minimum atomic E-state index is -1.93. The molecule has 0 radical (unpaired) electrons. The van der Waals surface area contributed by atoms with Crippen LogP contribution in [0.15, 0.2) is 83.8 Å². The van der Waals surface area contributed by atoms with Gasteiger partial charge in [-0.1, -0.05) is 66.7 Å². The van der Waals surface area contributed by atoms with Crippen LogP contribution < -0.4 is 14.2 Å². The molecule has 3 aliphatic heterocycles. The standard InChI is InChI=1S/C35H34O10/c1-38-24-18-23(20-14-10-7-11-15-20)43-30-25(24)29-26(28(37)31(30)39-2)34(42-5)33(41-4)32(40-3)27(36)21-16-17-22(44-35(21,34)45-29)19-12-8-6-9-13-19/h6-16,22-24,37H,17-18H2,1-5H3/t22-,23-,24+,34-,35-/m1/s1. The Morgan fingerprint density at radius 1 is 0.844 bits per heavy atom. The number of hydrogen-bond acceptors (Lipinski definition) is 10. The molecule has 3 heterocycles. The zero-order valence-corrected chi connectivity index (χ0v) is 25.6. The first-order valence-electron chi connectivity index (χ1n) is 14.7. The molecule has 10 nitrogen and oxygen atoms in total. The van der Waals surface area contributed by atoms with Crippen LogP contribution in [-0.2, 0) is 34.1 Å². The Morgan fingerprint density at radius 2 is 1.51 bits per heavy atom. The van der Waals surface area contributed by atoms with Gasteiger partial charge < -0.3 is 43.0 Å². The van der Waals surface area contributed by atoms with Crippen molar-refractivity contribution < 1.29 is 47.8 Å². The Bertz CT molecular complexity index is 1720. The number of ether oxygens (including phenoxy) is 8. The zero-order chi connectivity index (χ0) is 31.5. The zero-order valence-electron chi connectivity index (χ0n) is 25.6. The molecule has 0 bridgehead atoms. The number of methoxy groups -OCH3 is 5. The molecule has 1 N–H and O–H groups in total. The van der Waals surface area contributed by atoms with Crippen molar-refractivity contribution in [1.82, 2.24) is 0 Å². The van der Waals surface area contributed by atoms with Crippen LogP contribution in [0.3, 0.4) is 0 Å². The van der Waals surface area contributed by atoms with E-state index in [9.17, 15) is 9.90 Å². The van der Waals surface area contributed by atoms with Gasteiger partial charge in [-0.3, -0.25) is 4.79 Å². The van der Waals surface area contributed by atoms with Gasteiger partial charge >= 0.3 is 0 Å². The molecular weight excluding hydrogens is 580 g/mol. The highest BCUT2D eigenvalue weighted by atomic mass is 16.7. The Hall–Kier alpha value is -4.51. The summed E-state index contributed by atoms with van der Waals surface area (Å²) < 4.78 is 50.2. The van der Waals surface area contributed by atoms with Crippen molar-refractivity contribution in [1.29, 1.82) is 0 Å². The van der Waals surface area contributed by atoms with Crippen LogP contribution in [0, 0.1) is 0 Å². The van der Waals surface area contributed by atoms with Crippen LogP contribution in [0.5, 0.6) is 23.0 Å². The number of aromatic hydroxyl groups is 1. The lowest BCUT2D eigenvalue weighted by Crippen LogP contribution is -2.63. The number of Topliss-reactive ketones (excluding diaryl/α,β-unsaturated/α-hetero) is 1. The molecule has 1 aliphatic carbocycles. The maximum atomic E-state index is 14.1. The number of ketones is 1. The van der Waals surface area contributed by atoms with Crippen molar-refractivity contribution >= 4 is 5.78 Å². The lowest BCUT2D eigenvalue weighted by atomic mass is 9.72. The van der Waals surface area contributed by atoms with E-state index in [1.807, 2.05) is 60.7 Å². The largest absolute Gasteiger partial charge is 0.504 e. The first kappa shape index (κ1) is 29.2. The normalized spacial score (nSPS) is 28.1. The molecule has 0 fully saturated rings. The summed E-state index contributed by atoms with van der Waals surface area (Å²) in [7, 11) is 7.26. The third-order valence-corrected chi connectivity index (χ3v) is 9.17. The molecule has 1 spiro atoms. The lowest BCUT2D eigenvalue weighted by Gasteiger charge is -2.49. The molecule has 0 aromatic heterocycles. The van der Waals surface area contributed by atoms with Gasteiger partial charge in [0.1, 0.15) is 11.9 Å². The van der Waals surface area contributed by atoms with Gasteiger partial charge in [0.25, 0.3) is 5.79 Å². The summed E-state index contributed by atoms with van der Waals surface area (Å²) in [6.07, 6.45) is 1.07. The Labute approximate surface area is 260 Å². The van der Waals surface area contributed by atoms with E-state index in [1.165, 1.54) is 28.4 Å². The molecule has 5 atom stereocenters. The number of phenols is 1. The summed E-state index contributed by atoms with van der Waals surface area (Å²) in [5.74, 6) is -2.36. The van der Waals surface area contributed by atoms with Gasteiger partial charge in [0.15, 0.2) is 17.3 Å². The molecule has 10 heteroatoms. The van der Waals surface area contributed by atoms with Crippen molar-refractivity contribution in [2.45, 2.75) is 42.5 Å². The van der Waals surface area contributed by atoms with E-state index in [-0.39, 0.29) is 45.7 Å². The van der Waals surface area contributed by atoms with Gasteiger partial charge in [-0.2, -0.15) is 0 Å². The summed E-state index contributed by atoms with van der Waals surface area (Å²) in [4.78, 5) is 14.1. The smallest absolute Gasteiger partial charge is 0.283 e. The van der Waals surface area contributed by atoms with Gasteiger partial charge in [0.05, 0.1) is 50.2 Å². The highest BCUT2D eigenvalue weighted by Crippen LogP contribution is 2.70. The third kappa shape index (κ3) is 3.82. The molecule has 4 aliphatic rings. The summed E-state index contributed by atoms with van der Waals surface area (Å²) >= 11 is 0. The van der Waals surface area contributed by atoms with Crippen molar-refractivity contribution in [3.05, 3.63) is 106 Å². The van der Waals surface area contributed by atoms with E-state index in [1.54, 1.807) is 13.2 Å². The van der Waals surface area contributed by atoms with Crippen molar-refractivity contribution in [3.63, 3.8) is 0 Å². The van der Waals surface area contributed by atoms with E-state index in [0.29, 0.717) is 18.4 Å². The van der Waals surface area contributed by atoms with E-state index in [0.717, 1.165) is 11.1 Å². The van der Waals surface area contributed by atoms with E-state index < -0.39 is 35.5 Å². The lowest BCUT2D eigenvalue weighted by molar-refractivity contribution is -0.281. The molecular formula is C35H34O10. The van der Waals surface area contributed by atoms with Crippen molar-refractivity contribution in [3.8, 4) is 23.0 Å². The molecule has 3 aromatic carbocycles. The number of hydrogen-bond donors (Lipinski definition) is 1. The molecule has 0 saturated carbocycles. The molecule has 0 unspecified atom stereocenters. The fraction of sp³-hybridized carbons (Fsp3) is 0.343. The highest BCUT2D eigenvalue weighted by Gasteiger charge is 2.76. The van der Waals surface area contributed by atoms with Gasteiger partial charge in [-0.25, -0.2) is 0 Å². The number of allylic oxidation sites excluding steroid dienone is 1. The Kier molecular flexibility index (Phi) is 7.03. The number of fused-ring (bicyclic) bond motifs is 4. The fourth-order valence-electron chi connectivity index (χ4n) is 7.22. The third-order valence-electron chi connectivity index (χ3n) is 9.17. The minimum absolute atomic E-state index is 0.0210. The average molecular weight is 615 g/mol. The maximum absolute atomic E-state index is 14.1. The van der Waals surface area contributed by atoms with Crippen LogP contribution in [-0.4, -0.2) is 52.2 Å². The maximum Gasteiger partial charge on any atom is 0.283 e. The second-order valence-electron chi connectivity index (χ2n) is 11.2. The molecule has 3 aromatic rings. The first-order valence-corrected chi connectivity index (χ1v) is 14.7. The quantitative estimate of drug-likeness (QED) is 0.355. The number of phenolic OH excluding ortho intramolecular Hbond substituents is 1. The summed E-state index contributed by atoms with van der Waals surface area (Å²) in [5, 5.41) is 12.1. The highest BCUT2D eigenvalue weighted by molar-refractivity contribution is 6.11. The molecule has 7 rings (SSSR count). The van der Waals surface area contributed by atoms with Crippen molar-refractivity contribution in [2.24, 2.45) is 0 Å². The number of benzene rings is 3. The van der Waals surface area contributed by atoms with E-state index in [2.05, 4.69) is 0 Å². The molecule has 0 saturated heterocycles. The van der Waals surface area contributed by atoms with Gasteiger partial charge in [-0.05, 0) is 17.5 Å². The molecule has 0 amide bonds. The average Bonchev–Trinajstić information content (AvgIpc) is 3.38.